The van der Waals surface area contributed by atoms with E-state index < -0.39 is 78.2 Å². The summed E-state index contributed by atoms with van der Waals surface area (Å²) in [5.74, 6) is 0. The molecule has 0 aromatic rings. The van der Waals surface area contributed by atoms with Crippen molar-refractivity contribution in [3.8, 4) is 0 Å². The fraction of sp³-hybridized carbons (Fsp3) is 1.00. The number of hydrogen-bond donors (Lipinski definition) is 0. The van der Waals surface area contributed by atoms with Gasteiger partial charge in [-0.05, 0) is 0 Å². The molecule has 0 aromatic heterocycles. The zero-order valence-corrected chi connectivity index (χ0v) is 38.5. The molecule has 1 atom stereocenters. The van der Waals surface area contributed by atoms with Crippen LogP contribution in [0.5, 0.6) is 0 Å². The Hall–Kier alpha value is 2.39. The molecule has 0 saturated carbocycles. The molecule has 11 heteroatoms. The molecule has 0 bridgehead atoms. The maximum absolute atomic E-state index is 3.24. The SMILES string of the molecule is C[Si](C)(C)[Si]1(C)[Si](C)(C)[Si]([Si](C)(C)C)([Si](C)(C)C)[Si](C)(C)[Si](C)(C)[Si]1([Si](C)(C)C)[Si](C)(C)C. The van der Waals surface area contributed by atoms with E-state index in [4.69, 9.17) is 0 Å². The Morgan fingerprint density at radius 3 is 0.667 bits per heavy atom. The van der Waals surface area contributed by atoms with Crippen molar-refractivity contribution in [3.63, 3.8) is 0 Å². The predicted octanol–water partition coefficient (Wildman–Crippen LogP) is 8.65. The average Bonchev–Trinajstić information content (AvgIpc) is 2.37. The van der Waals surface area contributed by atoms with E-state index in [1.807, 2.05) is 0 Å². The first kappa shape index (κ1) is 33.4. The van der Waals surface area contributed by atoms with E-state index in [1.54, 1.807) is 0 Å². The Labute approximate surface area is 220 Å². The van der Waals surface area contributed by atoms with Crippen LogP contribution in [0, 0.1) is 0 Å². The maximum Gasteiger partial charge on any atom is 0.0324 e. The van der Waals surface area contributed by atoms with Crippen LogP contribution in [0.4, 0.5) is 0 Å². The van der Waals surface area contributed by atoms with Crippen molar-refractivity contribution < 1.29 is 0 Å². The third-order valence-corrected chi connectivity index (χ3v) is 354. The molecular weight excluding hydrogens is 573 g/mol. The van der Waals surface area contributed by atoms with Gasteiger partial charge in [-0.1, -0.05) is 144 Å². The number of hydrogen-bond acceptors (Lipinski definition) is 0. The molecule has 0 N–H and O–H groups in total. The van der Waals surface area contributed by atoms with Crippen molar-refractivity contribution in [2.75, 3.05) is 0 Å². The average molecular weight is 640 g/mol. The third-order valence-electron chi connectivity index (χ3n) is 12.4. The lowest BCUT2D eigenvalue weighted by Gasteiger charge is -2.86. The van der Waals surface area contributed by atoms with E-state index in [1.165, 1.54) is 0 Å². The summed E-state index contributed by atoms with van der Waals surface area (Å²) < 4.78 is 0. The summed E-state index contributed by atoms with van der Waals surface area (Å²) in [6, 6.07) is 0. The first-order valence-electron chi connectivity index (χ1n) is 13.8. The highest BCUT2D eigenvalue weighted by Gasteiger charge is 2.90. The number of rotatable bonds is 5. The smallest absolute Gasteiger partial charge is 0.0324 e. The van der Waals surface area contributed by atoms with Gasteiger partial charge in [0.15, 0.2) is 0 Å². The monoisotopic (exact) mass is 638 g/mol. The van der Waals surface area contributed by atoms with Crippen LogP contribution < -0.4 is 0 Å². The summed E-state index contributed by atoms with van der Waals surface area (Å²) in [6.07, 6.45) is -2.78. The Bertz CT molecular complexity index is 737. The Balaban J connectivity index is 4.88. The second-order valence-electron chi connectivity index (χ2n) is 18.8. The highest BCUT2D eigenvalue weighted by Crippen LogP contribution is 2.62. The summed E-state index contributed by atoms with van der Waals surface area (Å²) in [4.78, 5) is 0. The van der Waals surface area contributed by atoms with Gasteiger partial charge in [0.05, 0.1) is 0 Å². The molecule has 0 aliphatic carbocycles. The highest BCUT2D eigenvalue weighted by atomic mass is 30.6. The van der Waals surface area contributed by atoms with E-state index in [0.717, 1.165) is 0 Å². The van der Waals surface area contributed by atoms with Gasteiger partial charge in [-0.3, -0.25) is 0 Å². The third kappa shape index (κ3) is 3.51. The molecule has 198 valence electrons. The zero-order chi connectivity index (χ0) is 27.5. The molecule has 0 aromatic carbocycles. The van der Waals surface area contributed by atoms with Gasteiger partial charge in [-0.25, -0.2) is 0 Å². The van der Waals surface area contributed by atoms with Gasteiger partial charge in [0, 0.05) is 78.2 Å². The summed E-state index contributed by atoms with van der Waals surface area (Å²) in [5, 5.41) is 0. The lowest BCUT2D eigenvalue weighted by molar-refractivity contribution is 1.71. The van der Waals surface area contributed by atoms with Crippen LogP contribution >= 0.6 is 0 Å². The van der Waals surface area contributed by atoms with Crippen molar-refractivity contribution in [3.05, 3.63) is 0 Å². The Morgan fingerprint density at radius 1 is 0.273 bits per heavy atom. The minimum absolute atomic E-state index is 1.28. The lowest BCUT2D eigenvalue weighted by Crippen LogP contribution is -3.17. The molecule has 0 amide bonds. The van der Waals surface area contributed by atoms with Crippen LogP contribution in [0.15, 0.2) is 0 Å². The molecule has 1 unspecified atom stereocenters. The molecule has 0 radical (unpaired) electrons. The standard InChI is InChI=1S/C22H66Si11/c1-23(2,3)31(22)30(20,21)32(24(4,5)6,25(7,8)9)28(16,17)29(18,19)33(31,26(10,11)12)27(13,14)15/h1-22H3. The molecule has 33 heavy (non-hydrogen) atoms. The summed E-state index contributed by atoms with van der Waals surface area (Å²) in [7, 11) is -10.7. The Kier molecular flexibility index (Phi) is 8.30. The molecule has 0 spiro atoms. The quantitative estimate of drug-likeness (QED) is 0.264. The van der Waals surface area contributed by atoms with Crippen molar-refractivity contribution in [2.24, 2.45) is 0 Å². The van der Waals surface area contributed by atoms with Gasteiger partial charge < -0.3 is 0 Å². The second-order valence-corrected chi connectivity index (χ2v) is 155. The van der Waals surface area contributed by atoms with Gasteiger partial charge in [-0.15, -0.1) is 0 Å². The molecular formula is C22H66Si11. The van der Waals surface area contributed by atoms with Crippen LogP contribution in [0.1, 0.15) is 0 Å². The zero-order valence-electron chi connectivity index (χ0n) is 27.5. The van der Waals surface area contributed by atoms with E-state index in [2.05, 4.69) is 144 Å². The molecule has 1 aliphatic rings. The minimum Gasteiger partial charge on any atom is -0.0754 e. The predicted molar refractivity (Wildman–Crippen MR) is 192 cm³/mol. The van der Waals surface area contributed by atoms with Crippen molar-refractivity contribution in [2.45, 2.75) is 144 Å². The van der Waals surface area contributed by atoms with Crippen LogP contribution in [-0.4, -0.2) is 78.2 Å². The van der Waals surface area contributed by atoms with Gasteiger partial charge >= 0.3 is 0 Å². The van der Waals surface area contributed by atoms with Crippen LogP contribution in [0.25, 0.3) is 0 Å². The van der Waals surface area contributed by atoms with Crippen LogP contribution in [-0.2, 0) is 0 Å². The fourth-order valence-corrected chi connectivity index (χ4v) is 744. The van der Waals surface area contributed by atoms with Crippen molar-refractivity contribution >= 4 is 78.2 Å². The first-order valence-corrected chi connectivity index (χ1v) is 57.8. The summed E-state index contributed by atoms with van der Waals surface area (Å²) in [6.45, 7) is 65.1. The second kappa shape index (κ2) is 8.20. The van der Waals surface area contributed by atoms with Gasteiger partial charge in [0.2, 0.25) is 0 Å². The molecule has 1 heterocycles. The van der Waals surface area contributed by atoms with Gasteiger partial charge in [0.1, 0.15) is 0 Å². The minimum atomic E-state index is -1.43. The van der Waals surface area contributed by atoms with Crippen molar-refractivity contribution in [1.29, 1.82) is 0 Å². The normalized spacial score (nSPS) is 29.6. The fourth-order valence-electron chi connectivity index (χ4n) is 14.1. The van der Waals surface area contributed by atoms with E-state index in [0.29, 0.717) is 0 Å². The van der Waals surface area contributed by atoms with Crippen LogP contribution in [0.3, 0.4) is 0 Å². The molecule has 0 nitrogen and oxygen atoms in total. The largest absolute Gasteiger partial charge is 0.0754 e. The first-order chi connectivity index (χ1) is 13.8. The molecule has 1 fully saturated rings. The summed E-state index contributed by atoms with van der Waals surface area (Å²) in [5.41, 5.74) is 0. The van der Waals surface area contributed by atoms with E-state index in [9.17, 15) is 0 Å². The van der Waals surface area contributed by atoms with Crippen molar-refractivity contribution in [1.82, 2.24) is 0 Å². The van der Waals surface area contributed by atoms with E-state index in [-0.39, 0.29) is 0 Å². The summed E-state index contributed by atoms with van der Waals surface area (Å²) >= 11 is 0. The maximum atomic E-state index is 3.24. The lowest BCUT2D eigenvalue weighted by atomic mass is 11.8. The van der Waals surface area contributed by atoms with Gasteiger partial charge in [0.25, 0.3) is 0 Å². The van der Waals surface area contributed by atoms with Gasteiger partial charge in [-0.2, -0.15) is 0 Å². The molecule has 1 rings (SSSR count). The van der Waals surface area contributed by atoms with Crippen LogP contribution in [0.2, 0.25) is 144 Å². The highest BCUT2D eigenvalue weighted by molar-refractivity contribution is 8.40. The topological polar surface area (TPSA) is 0 Å². The molecule has 1 saturated heterocycles. The Morgan fingerprint density at radius 2 is 0.485 bits per heavy atom. The molecule has 1 aliphatic heterocycles. The van der Waals surface area contributed by atoms with E-state index >= 15 is 0 Å².